The summed E-state index contributed by atoms with van der Waals surface area (Å²) in [5.74, 6) is -1.73. The zero-order valence-corrected chi connectivity index (χ0v) is 10.5. The van der Waals surface area contributed by atoms with E-state index in [0.717, 1.165) is 0 Å². The maximum absolute atomic E-state index is 11.4. The van der Waals surface area contributed by atoms with Gasteiger partial charge in [0, 0.05) is 0 Å². The molecule has 0 radical (unpaired) electrons. The zero-order chi connectivity index (χ0) is 15.4. The summed E-state index contributed by atoms with van der Waals surface area (Å²) >= 11 is 0. The molecule has 0 aromatic carbocycles. The number of hydrogen-bond donors (Lipinski definition) is 6. The van der Waals surface area contributed by atoms with E-state index in [-0.39, 0.29) is 0 Å². The van der Waals surface area contributed by atoms with E-state index in [1.807, 2.05) is 0 Å². The number of hydrogen-bond acceptors (Lipinski definition) is 9. The molecule has 0 unspecified atom stereocenters. The first kappa shape index (κ1) is 16.8. The van der Waals surface area contributed by atoms with Crippen LogP contribution in [0.2, 0.25) is 0 Å². The van der Waals surface area contributed by atoms with Crippen LogP contribution in [-0.2, 0) is 19.1 Å². The van der Waals surface area contributed by atoms with Crippen LogP contribution in [0.1, 0.15) is 6.42 Å². The van der Waals surface area contributed by atoms with Crippen molar-refractivity contribution in [1.82, 2.24) is 0 Å². The lowest BCUT2D eigenvalue weighted by Gasteiger charge is -2.37. The summed E-state index contributed by atoms with van der Waals surface area (Å²) in [6.45, 7) is -0.521. The van der Waals surface area contributed by atoms with Crippen molar-refractivity contribution in [2.45, 2.75) is 43.2 Å². The summed E-state index contributed by atoms with van der Waals surface area (Å²) < 4.78 is 9.46. The molecule has 0 saturated carbocycles. The van der Waals surface area contributed by atoms with Gasteiger partial charge >= 0.3 is 5.97 Å². The third-order valence-corrected chi connectivity index (χ3v) is 2.80. The minimum Gasteiger partial charge on any atom is -0.462 e. The number of rotatable bonds is 5. The second-order valence-electron chi connectivity index (χ2n) is 4.44. The Morgan fingerprint density at radius 3 is 2.30 bits per heavy atom. The molecule has 116 valence electrons. The SMILES string of the molecule is NC(=O)C[C@H](N)C(=O)OC[C@H]1O[C@@H](O)[C@H](O)[C@@H](O)[C@@H]1O. The number of amides is 1. The van der Waals surface area contributed by atoms with Gasteiger partial charge in [0.25, 0.3) is 0 Å². The van der Waals surface area contributed by atoms with Gasteiger partial charge in [-0.15, -0.1) is 0 Å². The lowest BCUT2D eigenvalue weighted by Crippen LogP contribution is -2.58. The Kier molecular flexibility index (Phi) is 5.80. The minimum absolute atomic E-state index is 0.406. The van der Waals surface area contributed by atoms with Crippen LogP contribution in [0.25, 0.3) is 0 Å². The molecular weight excluding hydrogens is 276 g/mol. The van der Waals surface area contributed by atoms with Crippen molar-refractivity contribution in [3.8, 4) is 0 Å². The molecule has 0 spiro atoms. The molecule has 1 amide bonds. The third kappa shape index (κ3) is 4.10. The smallest absolute Gasteiger partial charge is 0.323 e. The quantitative estimate of drug-likeness (QED) is 0.272. The second kappa shape index (κ2) is 6.92. The molecule has 8 N–H and O–H groups in total. The normalized spacial score (nSPS) is 35.4. The molecule has 1 heterocycles. The van der Waals surface area contributed by atoms with E-state index in [4.69, 9.17) is 16.2 Å². The van der Waals surface area contributed by atoms with Gasteiger partial charge in [0.2, 0.25) is 5.91 Å². The Bertz CT molecular complexity index is 365. The number of ether oxygens (including phenoxy) is 2. The van der Waals surface area contributed by atoms with Crippen LogP contribution < -0.4 is 11.5 Å². The highest BCUT2D eigenvalue weighted by molar-refractivity contribution is 5.84. The van der Waals surface area contributed by atoms with E-state index >= 15 is 0 Å². The predicted molar refractivity (Wildman–Crippen MR) is 61.6 cm³/mol. The summed E-state index contributed by atoms with van der Waals surface area (Å²) in [4.78, 5) is 22.0. The molecule has 1 aliphatic rings. The van der Waals surface area contributed by atoms with Gasteiger partial charge in [-0.3, -0.25) is 9.59 Å². The maximum atomic E-state index is 11.4. The van der Waals surface area contributed by atoms with Crippen molar-refractivity contribution < 1.29 is 39.5 Å². The molecule has 1 aliphatic heterocycles. The highest BCUT2D eigenvalue weighted by Gasteiger charge is 2.43. The Morgan fingerprint density at radius 1 is 1.15 bits per heavy atom. The third-order valence-electron chi connectivity index (χ3n) is 2.80. The Hall–Kier alpha value is -1.30. The molecule has 10 nitrogen and oxygen atoms in total. The first-order valence-corrected chi connectivity index (χ1v) is 5.82. The number of carbonyl (C=O) groups excluding carboxylic acids is 2. The number of nitrogens with two attached hydrogens (primary N) is 2. The van der Waals surface area contributed by atoms with Crippen molar-refractivity contribution in [3.05, 3.63) is 0 Å². The molecule has 0 bridgehead atoms. The highest BCUT2D eigenvalue weighted by atomic mass is 16.6. The van der Waals surface area contributed by atoms with Crippen molar-refractivity contribution in [1.29, 1.82) is 0 Å². The van der Waals surface area contributed by atoms with Gasteiger partial charge in [-0.05, 0) is 0 Å². The average molecular weight is 294 g/mol. The monoisotopic (exact) mass is 294 g/mol. The summed E-state index contributed by atoms with van der Waals surface area (Å²) in [7, 11) is 0. The molecule has 0 aromatic rings. The van der Waals surface area contributed by atoms with Crippen LogP contribution in [0.5, 0.6) is 0 Å². The highest BCUT2D eigenvalue weighted by Crippen LogP contribution is 2.20. The fraction of sp³-hybridized carbons (Fsp3) is 0.800. The van der Waals surface area contributed by atoms with Gasteiger partial charge in [-0.1, -0.05) is 0 Å². The summed E-state index contributed by atoms with van der Waals surface area (Å²) in [5.41, 5.74) is 10.2. The van der Waals surface area contributed by atoms with E-state index in [0.29, 0.717) is 0 Å². The van der Waals surface area contributed by atoms with Gasteiger partial charge in [-0.25, -0.2) is 0 Å². The molecule has 1 rings (SSSR count). The van der Waals surface area contributed by atoms with Crippen molar-refractivity contribution in [2.75, 3.05) is 6.61 Å². The fourth-order valence-corrected chi connectivity index (χ4v) is 1.64. The van der Waals surface area contributed by atoms with Crippen LogP contribution in [0.4, 0.5) is 0 Å². The Labute approximate surface area is 113 Å². The zero-order valence-electron chi connectivity index (χ0n) is 10.5. The Balaban J connectivity index is 2.48. The number of aliphatic hydroxyl groups is 4. The number of aliphatic hydroxyl groups excluding tert-OH is 4. The number of esters is 1. The van der Waals surface area contributed by atoms with Crippen LogP contribution in [-0.4, -0.2) is 75.7 Å². The standard InChI is InChI=1S/C10H18N2O8/c11-3(1-5(12)13)9(17)19-2-4-6(14)7(15)8(16)10(18)20-4/h3-4,6-8,10,14-16,18H,1-2,11H2,(H2,12,13)/t3-,4+,6+,7-,8+,10+/m0/s1. The van der Waals surface area contributed by atoms with Gasteiger partial charge in [0.1, 0.15) is 37.1 Å². The summed E-state index contributed by atoms with van der Waals surface area (Å²) in [5, 5.41) is 37.5. The van der Waals surface area contributed by atoms with E-state index in [9.17, 15) is 30.0 Å². The lowest BCUT2D eigenvalue weighted by molar-refractivity contribution is -0.287. The maximum Gasteiger partial charge on any atom is 0.323 e. The molecule has 1 saturated heterocycles. The van der Waals surface area contributed by atoms with Crippen LogP contribution >= 0.6 is 0 Å². The van der Waals surface area contributed by atoms with Crippen LogP contribution in [0.15, 0.2) is 0 Å². The first-order chi connectivity index (χ1) is 9.23. The van der Waals surface area contributed by atoms with E-state index in [1.54, 1.807) is 0 Å². The first-order valence-electron chi connectivity index (χ1n) is 5.82. The second-order valence-corrected chi connectivity index (χ2v) is 4.44. The minimum atomic E-state index is -1.73. The molecule has 0 aliphatic carbocycles. The number of carbonyl (C=O) groups is 2. The summed E-state index contributed by atoms with van der Waals surface area (Å²) in [6, 6.07) is -1.26. The van der Waals surface area contributed by atoms with E-state index in [1.165, 1.54) is 0 Å². The molecule has 1 fully saturated rings. The number of primary amides is 1. The van der Waals surface area contributed by atoms with E-state index < -0.39 is 61.7 Å². The van der Waals surface area contributed by atoms with Gasteiger partial charge in [0.15, 0.2) is 6.29 Å². The molecular formula is C10H18N2O8. The van der Waals surface area contributed by atoms with Gasteiger partial charge in [-0.2, -0.15) is 0 Å². The van der Waals surface area contributed by atoms with E-state index in [2.05, 4.69) is 4.74 Å². The van der Waals surface area contributed by atoms with Crippen molar-refractivity contribution in [2.24, 2.45) is 11.5 Å². The van der Waals surface area contributed by atoms with Crippen LogP contribution in [0.3, 0.4) is 0 Å². The van der Waals surface area contributed by atoms with Crippen LogP contribution in [0, 0.1) is 0 Å². The van der Waals surface area contributed by atoms with Gasteiger partial charge in [0.05, 0.1) is 6.42 Å². The average Bonchev–Trinajstić information content (AvgIpc) is 2.37. The molecule has 20 heavy (non-hydrogen) atoms. The summed E-state index contributed by atoms with van der Waals surface area (Å²) in [6.07, 6.45) is -8.26. The molecule has 6 atom stereocenters. The van der Waals surface area contributed by atoms with Crippen molar-refractivity contribution in [3.63, 3.8) is 0 Å². The van der Waals surface area contributed by atoms with Gasteiger partial charge < -0.3 is 41.4 Å². The topological polar surface area (TPSA) is 186 Å². The fourth-order valence-electron chi connectivity index (χ4n) is 1.64. The predicted octanol–water partition coefficient (Wildman–Crippen LogP) is -4.47. The molecule has 0 aromatic heterocycles. The lowest BCUT2D eigenvalue weighted by atomic mass is 9.99. The van der Waals surface area contributed by atoms with Crippen molar-refractivity contribution >= 4 is 11.9 Å². The molecule has 10 heteroatoms. The Morgan fingerprint density at radius 2 is 1.75 bits per heavy atom. The largest absolute Gasteiger partial charge is 0.462 e.